The van der Waals surface area contributed by atoms with Crippen LogP contribution in [0.4, 0.5) is 0 Å². The molecule has 0 bridgehead atoms. The van der Waals surface area contributed by atoms with E-state index in [0.29, 0.717) is 31.6 Å². The van der Waals surface area contributed by atoms with Gasteiger partial charge in [0.25, 0.3) is 0 Å². The molecule has 1 N–H and O–H groups in total. The maximum atomic E-state index is 12.6. The van der Waals surface area contributed by atoms with Gasteiger partial charge in [-0.1, -0.05) is 20.3 Å². The van der Waals surface area contributed by atoms with E-state index < -0.39 is 0 Å². The molecule has 2 fully saturated rings. The molecule has 0 aromatic rings. The highest BCUT2D eigenvalue weighted by molar-refractivity contribution is 5.78. The van der Waals surface area contributed by atoms with Gasteiger partial charge in [-0.3, -0.25) is 14.6 Å². The molecule has 24 heavy (non-hydrogen) atoms. The van der Waals surface area contributed by atoms with Crippen molar-refractivity contribution in [2.24, 2.45) is 5.92 Å². The Morgan fingerprint density at radius 1 is 1.21 bits per heavy atom. The van der Waals surface area contributed by atoms with E-state index in [0.717, 1.165) is 38.9 Å². The summed E-state index contributed by atoms with van der Waals surface area (Å²) in [7, 11) is 0. The number of hydrogen-bond acceptors (Lipinski definition) is 5. The highest BCUT2D eigenvalue weighted by Crippen LogP contribution is 2.20. The monoisotopic (exact) mass is 336 g/mol. The van der Waals surface area contributed by atoms with Crippen LogP contribution >= 0.6 is 0 Å². The van der Waals surface area contributed by atoms with Gasteiger partial charge >= 0.3 is 0 Å². The van der Waals surface area contributed by atoms with Gasteiger partial charge in [0.15, 0.2) is 0 Å². The lowest BCUT2D eigenvalue weighted by Gasteiger charge is -2.40. The van der Waals surface area contributed by atoms with Gasteiger partial charge in [0.2, 0.25) is 5.91 Å². The van der Waals surface area contributed by atoms with Crippen molar-refractivity contribution in [1.82, 2.24) is 14.7 Å². The Kier molecular flexibility index (Phi) is 7.47. The number of carbonyl (C=O) groups excluding carboxylic acids is 1. The maximum Gasteiger partial charge on any atom is 0.236 e. The molecular formula is C18H32N4O2. The van der Waals surface area contributed by atoms with Crippen molar-refractivity contribution in [2.45, 2.75) is 51.6 Å². The third-order valence-corrected chi connectivity index (χ3v) is 5.37. The number of nitrogens with zero attached hydrogens (tertiary/aromatic N) is 4. The molecule has 0 saturated carbocycles. The summed E-state index contributed by atoms with van der Waals surface area (Å²) in [4.78, 5) is 19.0. The number of piperidine rings is 1. The van der Waals surface area contributed by atoms with E-state index in [1.54, 1.807) is 0 Å². The van der Waals surface area contributed by atoms with Crippen LogP contribution in [0.15, 0.2) is 0 Å². The van der Waals surface area contributed by atoms with Crippen LogP contribution in [0.2, 0.25) is 0 Å². The number of rotatable bonds is 6. The first kappa shape index (κ1) is 19.2. The highest BCUT2D eigenvalue weighted by atomic mass is 16.3. The van der Waals surface area contributed by atoms with E-state index in [1.807, 2.05) is 4.90 Å². The van der Waals surface area contributed by atoms with Gasteiger partial charge < -0.3 is 10.0 Å². The van der Waals surface area contributed by atoms with E-state index in [1.165, 1.54) is 6.42 Å². The van der Waals surface area contributed by atoms with E-state index in [9.17, 15) is 15.2 Å². The molecule has 2 aliphatic rings. The molecule has 136 valence electrons. The van der Waals surface area contributed by atoms with Gasteiger partial charge in [0, 0.05) is 38.8 Å². The average Bonchev–Trinajstić information content (AvgIpc) is 2.58. The van der Waals surface area contributed by atoms with Crippen molar-refractivity contribution in [2.75, 3.05) is 45.9 Å². The van der Waals surface area contributed by atoms with E-state index in [-0.39, 0.29) is 18.6 Å². The van der Waals surface area contributed by atoms with Crippen LogP contribution in [0.3, 0.4) is 0 Å². The Labute approximate surface area is 146 Å². The molecule has 0 spiro atoms. The normalized spacial score (nSPS) is 24.8. The molecule has 0 aliphatic carbocycles. The fourth-order valence-electron chi connectivity index (χ4n) is 3.92. The molecule has 6 nitrogen and oxygen atoms in total. The summed E-state index contributed by atoms with van der Waals surface area (Å²) in [6.45, 7) is 8.75. The van der Waals surface area contributed by atoms with Crippen LogP contribution in [-0.2, 0) is 4.79 Å². The Hall–Kier alpha value is -1.16. The van der Waals surface area contributed by atoms with Gasteiger partial charge in [0.1, 0.15) is 6.04 Å². The zero-order valence-corrected chi connectivity index (χ0v) is 15.2. The van der Waals surface area contributed by atoms with Crippen molar-refractivity contribution in [3.8, 4) is 6.07 Å². The predicted octanol–water partition coefficient (Wildman–Crippen LogP) is 0.916. The molecule has 0 aromatic heterocycles. The minimum atomic E-state index is -0.0571. The third kappa shape index (κ3) is 4.92. The Morgan fingerprint density at radius 2 is 1.92 bits per heavy atom. The molecule has 2 atom stereocenters. The molecule has 2 saturated heterocycles. The molecule has 2 heterocycles. The second kappa shape index (κ2) is 9.36. The Balaban J connectivity index is 1.83. The molecule has 2 rings (SSSR count). The van der Waals surface area contributed by atoms with Crippen LogP contribution in [0.1, 0.15) is 39.5 Å². The number of nitriles is 1. The second-order valence-corrected chi connectivity index (χ2v) is 7.37. The van der Waals surface area contributed by atoms with E-state index in [2.05, 4.69) is 29.7 Å². The summed E-state index contributed by atoms with van der Waals surface area (Å²) < 4.78 is 0. The minimum absolute atomic E-state index is 0.0571. The van der Waals surface area contributed by atoms with Crippen molar-refractivity contribution in [3.63, 3.8) is 0 Å². The van der Waals surface area contributed by atoms with Crippen LogP contribution in [0.25, 0.3) is 0 Å². The number of aliphatic hydroxyl groups is 1. The van der Waals surface area contributed by atoms with Gasteiger partial charge in [-0.25, -0.2) is 0 Å². The van der Waals surface area contributed by atoms with Gasteiger partial charge in [-0.15, -0.1) is 0 Å². The number of likely N-dealkylation sites (tertiary alicyclic amines) is 1. The first-order valence-corrected chi connectivity index (χ1v) is 9.33. The number of piperazine rings is 1. The Morgan fingerprint density at radius 3 is 2.50 bits per heavy atom. The summed E-state index contributed by atoms with van der Waals surface area (Å²) >= 11 is 0. The summed E-state index contributed by atoms with van der Waals surface area (Å²) in [5.41, 5.74) is 0. The van der Waals surface area contributed by atoms with Crippen molar-refractivity contribution >= 4 is 5.91 Å². The third-order valence-electron chi connectivity index (χ3n) is 5.37. The lowest BCUT2D eigenvalue weighted by atomic mass is 9.99. The van der Waals surface area contributed by atoms with Gasteiger partial charge in [-0.05, 0) is 31.7 Å². The number of hydrogen-bond donors (Lipinski definition) is 1. The summed E-state index contributed by atoms with van der Waals surface area (Å²) in [6, 6.07) is 2.68. The lowest BCUT2D eigenvalue weighted by Crippen LogP contribution is -2.55. The zero-order chi connectivity index (χ0) is 17.5. The average molecular weight is 336 g/mol. The number of amides is 1. The number of aliphatic hydroxyl groups excluding tert-OH is 1. The van der Waals surface area contributed by atoms with Crippen molar-refractivity contribution in [1.29, 1.82) is 5.26 Å². The topological polar surface area (TPSA) is 70.8 Å². The molecular weight excluding hydrogens is 304 g/mol. The van der Waals surface area contributed by atoms with E-state index in [4.69, 9.17) is 0 Å². The molecule has 0 radical (unpaired) electrons. The predicted molar refractivity (Wildman–Crippen MR) is 93.3 cm³/mol. The molecule has 2 unspecified atom stereocenters. The number of carbonyl (C=O) groups is 1. The fraction of sp³-hybridized carbons (Fsp3) is 0.889. The van der Waals surface area contributed by atoms with Crippen molar-refractivity contribution < 1.29 is 9.90 Å². The zero-order valence-electron chi connectivity index (χ0n) is 15.2. The smallest absolute Gasteiger partial charge is 0.236 e. The van der Waals surface area contributed by atoms with Gasteiger partial charge in [-0.2, -0.15) is 5.26 Å². The second-order valence-electron chi connectivity index (χ2n) is 7.37. The van der Waals surface area contributed by atoms with E-state index >= 15 is 0 Å². The lowest BCUT2D eigenvalue weighted by molar-refractivity contribution is -0.135. The molecule has 2 aliphatic heterocycles. The highest BCUT2D eigenvalue weighted by Gasteiger charge is 2.30. The first-order valence-electron chi connectivity index (χ1n) is 9.33. The largest absolute Gasteiger partial charge is 0.396 e. The SMILES string of the molecule is CC(C)C(C#N)N1CCN(C(=O)CN2CCCCC2CCO)CC1. The fourth-order valence-corrected chi connectivity index (χ4v) is 3.92. The minimum Gasteiger partial charge on any atom is -0.396 e. The summed E-state index contributed by atoms with van der Waals surface area (Å²) in [6.07, 6.45) is 4.18. The first-order chi connectivity index (χ1) is 11.6. The summed E-state index contributed by atoms with van der Waals surface area (Å²) in [5.74, 6) is 0.502. The molecule has 1 amide bonds. The molecule has 0 aromatic carbocycles. The van der Waals surface area contributed by atoms with Crippen LogP contribution in [0.5, 0.6) is 0 Å². The van der Waals surface area contributed by atoms with Crippen molar-refractivity contribution in [3.05, 3.63) is 0 Å². The summed E-state index contributed by atoms with van der Waals surface area (Å²) in [5, 5.41) is 18.5. The Bertz CT molecular complexity index is 439. The van der Waals surface area contributed by atoms with Crippen LogP contribution in [-0.4, -0.2) is 83.7 Å². The van der Waals surface area contributed by atoms with Crippen LogP contribution in [0, 0.1) is 17.2 Å². The standard InChI is InChI=1S/C18H32N4O2/c1-15(2)17(13-19)20-8-10-21(11-9-20)18(24)14-22-7-4-3-5-16(22)6-12-23/h15-17,23H,3-12,14H2,1-2H3. The quantitative estimate of drug-likeness (QED) is 0.781. The molecule has 6 heteroatoms. The van der Waals surface area contributed by atoms with Gasteiger partial charge in [0.05, 0.1) is 12.6 Å². The maximum absolute atomic E-state index is 12.6. The van der Waals surface area contributed by atoms with Crippen LogP contribution < -0.4 is 0 Å².